The fourth-order valence-corrected chi connectivity index (χ4v) is 2.40. The van der Waals surface area contributed by atoms with Crippen LogP contribution < -0.4 is 5.32 Å². The third-order valence-corrected chi connectivity index (χ3v) is 2.80. The molecule has 0 spiro atoms. The molecule has 0 amide bonds. The highest BCUT2D eigenvalue weighted by Gasteiger charge is 2.15. The molecule has 0 saturated heterocycles. The Bertz CT molecular complexity index is 286. The molecular formula is C11H20N2S. The Morgan fingerprint density at radius 1 is 1.50 bits per heavy atom. The van der Waals surface area contributed by atoms with Crippen LogP contribution >= 0.6 is 11.3 Å². The van der Waals surface area contributed by atoms with Crippen LogP contribution in [0.15, 0.2) is 5.38 Å². The lowest BCUT2D eigenvalue weighted by atomic mass is 9.89. The minimum absolute atomic E-state index is 0.374. The van der Waals surface area contributed by atoms with Gasteiger partial charge >= 0.3 is 0 Å². The van der Waals surface area contributed by atoms with Crippen LogP contribution in [-0.4, -0.2) is 11.0 Å². The van der Waals surface area contributed by atoms with Gasteiger partial charge in [-0.3, -0.25) is 0 Å². The summed E-state index contributed by atoms with van der Waals surface area (Å²) in [5, 5.41) is 6.54. The molecule has 3 heteroatoms. The molecule has 0 aromatic carbocycles. The van der Waals surface area contributed by atoms with Gasteiger partial charge < -0.3 is 5.32 Å². The highest BCUT2D eigenvalue weighted by atomic mass is 32.1. The van der Waals surface area contributed by atoms with Gasteiger partial charge in [-0.1, -0.05) is 20.8 Å². The summed E-state index contributed by atoms with van der Waals surface area (Å²) in [7, 11) is 0. The van der Waals surface area contributed by atoms with Gasteiger partial charge in [0.2, 0.25) is 0 Å². The minimum Gasteiger partial charge on any atom is -0.359 e. The number of nitrogens with one attached hydrogen (secondary N) is 1. The van der Waals surface area contributed by atoms with Crippen molar-refractivity contribution in [1.82, 2.24) is 4.98 Å². The number of thiazole rings is 1. The summed E-state index contributed by atoms with van der Waals surface area (Å²) >= 11 is 1.68. The van der Waals surface area contributed by atoms with Gasteiger partial charge in [-0.2, -0.15) is 0 Å². The van der Waals surface area contributed by atoms with Gasteiger partial charge in [-0.05, 0) is 25.7 Å². The molecule has 0 aliphatic heterocycles. The third kappa shape index (κ3) is 4.09. The Balaban J connectivity index is 2.45. The molecule has 0 radical (unpaired) electrons. The number of anilines is 1. The molecule has 1 atom stereocenters. The molecule has 0 bridgehead atoms. The first-order chi connectivity index (χ1) is 6.37. The zero-order valence-corrected chi connectivity index (χ0v) is 10.5. The summed E-state index contributed by atoms with van der Waals surface area (Å²) in [5.74, 6) is 0. The highest BCUT2D eigenvalue weighted by molar-refractivity contribution is 7.13. The second-order valence-electron chi connectivity index (χ2n) is 5.10. The van der Waals surface area contributed by atoms with Gasteiger partial charge in [-0.25, -0.2) is 4.98 Å². The largest absolute Gasteiger partial charge is 0.359 e. The normalized spacial score (nSPS) is 14.1. The molecule has 80 valence electrons. The smallest absolute Gasteiger partial charge is 0.183 e. The Hall–Kier alpha value is -0.570. The van der Waals surface area contributed by atoms with Crippen molar-refractivity contribution >= 4 is 16.5 Å². The quantitative estimate of drug-likeness (QED) is 0.826. The summed E-state index contributed by atoms with van der Waals surface area (Å²) < 4.78 is 0. The average molecular weight is 212 g/mol. The fraction of sp³-hybridized carbons (Fsp3) is 0.727. The van der Waals surface area contributed by atoms with E-state index in [9.17, 15) is 0 Å². The lowest BCUT2D eigenvalue weighted by Crippen LogP contribution is -2.22. The van der Waals surface area contributed by atoms with Crippen LogP contribution in [0.5, 0.6) is 0 Å². The molecule has 14 heavy (non-hydrogen) atoms. The number of hydrogen-bond acceptors (Lipinski definition) is 3. The highest BCUT2D eigenvalue weighted by Crippen LogP contribution is 2.23. The zero-order valence-electron chi connectivity index (χ0n) is 9.72. The molecule has 1 heterocycles. The fourth-order valence-electron chi connectivity index (χ4n) is 1.60. The number of rotatable bonds is 3. The van der Waals surface area contributed by atoms with Crippen LogP contribution in [0, 0.1) is 12.3 Å². The van der Waals surface area contributed by atoms with Crippen molar-refractivity contribution in [3.8, 4) is 0 Å². The molecule has 0 aliphatic carbocycles. The predicted octanol–water partition coefficient (Wildman–Crippen LogP) is 3.69. The Kier molecular flexibility index (Phi) is 3.53. The van der Waals surface area contributed by atoms with E-state index >= 15 is 0 Å². The van der Waals surface area contributed by atoms with E-state index in [0.29, 0.717) is 11.5 Å². The van der Waals surface area contributed by atoms with Crippen molar-refractivity contribution in [1.29, 1.82) is 0 Å². The zero-order chi connectivity index (χ0) is 10.8. The van der Waals surface area contributed by atoms with Crippen molar-refractivity contribution in [2.45, 2.75) is 47.1 Å². The molecule has 1 unspecified atom stereocenters. The summed E-state index contributed by atoms with van der Waals surface area (Å²) in [5.41, 5.74) is 1.47. The number of aromatic nitrogens is 1. The average Bonchev–Trinajstić information content (AvgIpc) is 2.30. The molecule has 0 fully saturated rings. The first-order valence-corrected chi connectivity index (χ1v) is 5.93. The standard InChI is InChI=1S/C11H20N2S/c1-8(6-11(3,4)5)12-10-13-9(2)7-14-10/h7-8H,6H2,1-5H3,(H,12,13). The maximum absolute atomic E-state index is 4.39. The second-order valence-corrected chi connectivity index (χ2v) is 5.96. The Morgan fingerprint density at radius 3 is 2.57 bits per heavy atom. The summed E-state index contributed by atoms with van der Waals surface area (Å²) in [6.07, 6.45) is 1.16. The van der Waals surface area contributed by atoms with Gasteiger partial charge in [0.15, 0.2) is 5.13 Å². The molecule has 0 aliphatic rings. The molecule has 0 saturated carbocycles. The van der Waals surface area contributed by atoms with Gasteiger partial charge in [-0.15, -0.1) is 11.3 Å². The topological polar surface area (TPSA) is 24.9 Å². The van der Waals surface area contributed by atoms with Crippen LogP contribution in [0.25, 0.3) is 0 Å². The van der Waals surface area contributed by atoms with Crippen LogP contribution in [0.1, 0.15) is 39.8 Å². The lowest BCUT2D eigenvalue weighted by molar-refractivity contribution is 0.358. The first kappa shape index (κ1) is 11.5. The second kappa shape index (κ2) is 4.30. The van der Waals surface area contributed by atoms with Gasteiger partial charge in [0.05, 0.1) is 5.69 Å². The monoisotopic (exact) mass is 212 g/mol. The van der Waals surface area contributed by atoms with Crippen LogP contribution in [0.2, 0.25) is 0 Å². The molecule has 2 nitrogen and oxygen atoms in total. The van der Waals surface area contributed by atoms with Crippen LogP contribution in [0.4, 0.5) is 5.13 Å². The number of nitrogens with zero attached hydrogens (tertiary/aromatic N) is 1. The van der Waals surface area contributed by atoms with Crippen LogP contribution in [-0.2, 0) is 0 Å². The molecule has 1 rings (SSSR count). The maximum atomic E-state index is 4.39. The van der Waals surface area contributed by atoms with E-state index in [2.05, 4.69) is 43.4 Å². The summed E-state index contributed by atoms with van der Waals surface area (Å²) in [6.45, 7) is 11.0. The lowest BCUT2D eigenvalue weighted by Gasteiger charge is -2.23. The number of hydrogen-bond donors (Lipinski definition) is 1. The Morgan fingerprint density at radius 2 is 2.14 bits per heavy atom. The molecule has 1 N–H and O–H groups in total. The summed E-state index contributed by atoms with van der Waals surface area (Å²) in [6, 6.07) is 0.487. The van der Waals surface area contributed by atoms with E-state index in [1.807, 2.05) is 6.92 Å². The molecule has 1 aromatic heterocycles. The van der Waals surface area contributed by atoms with E-state index in [1.54, 1.807) is 11.3 Å². The first-order valence-electron chi connectivity index (χ1n) is 5.05. The minimum atomic E-state index is 0.374. The third-order valence-electron chi connectivity index (χ3n) is 1.91. The van der Waals surface area contributed by atoms with Gasteiger partial charge in [0, 0.05) is 11.4 Å². The van der Waals surface area contributed by atoms with Gasteiger partial charge in [0.1, 0.15) is 0 Å². The van der Waals surface area contributed by atoms with E-state index in [4.69, 9.17) is 0 Å². The molecule has 1 aromatic rings. The van der Waals surface area contributed by atoms with Crippen molar-refractivity contribution in [2.75, 3.05) is 5.32 Å². The van der Waals surface area contributed by atoms with Crippen molar-refractivity contribution in [3.63, 3.8) is 0 Å². The van der Waals surface area contributed by atoms with E-state index in [1.165, 1.54) is 0 Å². The van der Waals surface area contributed by atoms with E-state index in [0.717, 1.165) is 17.2 Å². The Labute approximate surface area is 90.8 Å². The van der Waals surface area contributed by atoms with Crippen LogP contribution in [0.3, 0.4) is 0 Å². The van der Waals surface area contributed by atoms with E-state index < -0.39 is 0 Å². The van der Waals surface area contributed by atoms with Gasteiger partial charge in [0.25, 0.3) is 0 Å². The summed E-state index contributed by atoms with van der Waals surface area (Å²) in [4.78, 5) is 4.39. The molecular weight excluding hydrogens is 192 g/mol. The van der Waals surface area contributed by atoms with Crippen molar-refractivity contribution in [3.05, 3.63) is 11.1 Å². The van der Waals surface area contributed by atoms with Crippen molar-refractivity contribution in [2.24, 2.45) is 5.41 Å². The number of aryl methyl sites for hydroxylation is 1. The SMILES string of the molecule is Cc1csc(NC(C)CC(C)(C)C)n1. The van der Waals surface area contributed by atoms with Crippen molar-refractivity contribution < 1.29 is 0 Å². The van der Waals surface area contributed by atoms with E-state index in [-0.39, 0.29) is 0 Å². The predicted molar refractivity (Wildman–Crippen MR) is 64.0 cm³/mol. The maximum Gasteiger partial charge on any atom is 0.183 e.